The summed E-state index contributed by atoms with van der Waals surface area (Å²) in [6, 6.07) is 56.4. The fourth-order valence-electron chi connectivity index (χ4n) is 8.91. The van der Waals surface area contributed by atoms with Gasteiger partial charge in [-0.25, -0.2) is 4.68 Å². The lowest BCUT2D eigenvalue weighted by Gasteiger charge is -2.27. The summed E-state index contributed by atoms with van der Waals surface area (Å²) in [5, 5.41) is 9.95. The number of nitrogens with zero attached hydrogens (tertiary/aromatic N) is 5. The Morgan fingerprint density at radius 1 is 0.569 bits per heavy atom. The molecule has 1 aromatic heterocycles. The molecular weight excluding hydrogens is 815 g/mol. The van der Waals surface area contributed by atoms with Crippen LogP contribution < -0.4 is 20.3 Å². The number of unbranched alkanes of at least 4 members (excludes halogenated alkanes) is 1. The normalized spacial score (nSPS) is 12.3. The van der Waals surface area contributed by atoms with E-state index in [4.69, 9.17) is 28.9 Å². The Morgan fingerprint density at radius 3 is 1.35 bits per heavy atom. The largest absolute Gasteiger partial charge is 0.396 e. The minimum Gasteiger partial charge on any atom is -0.396 e. The van der Waals surface area contributed by atoms with Gasteiger partial charge in [-0.3, -0.25) is 0 Å². The first-order valence-corrected chi connectivity index (χ1v) is 23.5. The molecule has 0 aliphatic heterocycles. The maximum absolute atomic E-state index is 7.40. The molecule has 8 heteroatoms. The number of nitrogen functional groups attached to an aromatic ring is 1. The van der Waals surface area contributed by atoms with E-state index in [9.17, 15) is 0 Å². The third-order valence-electron chi connectivity index (χ3n) is 12.6. The molecule has 0 saturated heterocycles. The summed E-state index contributed by atoms with van der Waals surface area (Å²) >= 11 is 4.72. The number of hydrogen-bond donors (Lipinski definition) is 3. The van der Waals surface area contributed by atoms with Gasteiger partial charge in [0.15, 0.2) is 0 Å². The Labute approximate surface area is 391 Å². The van der Waals surface area contributed by atoms with Crippen LogP contribution in [0.2, 0.25) is 0 Å². The molecule has 0 aliphatic carbocycles. The van der Waals surface area contributed by atoms with E-state index in [1.54, 1.807) is 0 Å². The van der Waals surface area contributed by atoms with Crippen molar-refractivity contribution in [2.75, 3.05) is 20.3 Å². The lowest BCUT2D eigenvalue weighted by molar-refractivity contribution is 0.402. The zero-order chi connectivity index (χ0) is 45.9. The van der Waals surface area contributed by atoms with Crippen LogP contribution in [0.4, 0.5) is 45.5 Å². The predicted molar refractivity (Wildman–Crippen MR) is 281 cm³/mol. The molecule has 0 spiro atoms. The van der Waals surface area contributed by atoms with Crippen LogP contribution in [0.25, 0.3) is 33.3 Å². The Balaban J connectivity index is 1.25. The fraction of sp³-hybridized carbons (Fsp3) is 0.263. The minimum atomic E-state index is 0.0559. The molecule has 0 bridgehead atoms. The van der Waals surface area contributed by atoms with Gasteiger partial charge < -0.3 is 20.3 Å². The number of nitrogens with one attached hydrogen (secondary N) is 1. The second kappa shape index (κ2) is 18.9. The van der Waals surface area contributed by atoms with Crippen LogP contribution in [0.5, 0.6) is 0 Å². The Kier molecular flexibility index (Phi) is 13.1. The lowest BCUT2D eigenvalue weighted by atomic mass is 9.87. The second-order valence-corrected chi connectivity index (χ2v) is 19.3. The SMILES string of the molecule is CCCCC(CC)n1nnc2c(-c3ccc(N(c4ccccc4)c4ccc(C(C)(C)C)cc4)cc3)c(NS)c(N)c(-c3ccc(N(c4ccccc4)c4ccc(C(C)(C)C)cc4)cc3)c21. The van der Waals surface area contributed by atoms with Crippen molar-refractivity contribution in [3.63, 3.8) is 0 Å². The van der Waals surface area contributed by atoms with E-state index in [1.807, 2.05) is 0 Å². The Bertz CT molecular complexity index is 2820. The number of benzene rings is 7. The Morgan fingerprint density at radius 2 is 0.969 bits per heavy atom. The summed E-state index contributed by atoms with van der Waals surface area (Å²) in [6.45, 7) is 18.0. The van der Waals surface area contributed by atoms with Crippen LogP contribution in [-0.4, -0.2) is 15.0 Å². The molecule has 7 aromatic carbocycles. The standard InChI is InChI=1S/C57H63N7S/c1-9-11-18-43(10-2)64-55-50(39-23-31-46(32-24-39)62(44-19-14-12-15-20-44)48-35-27-41(28-36-48)56(3,4)5)52(58)53(60-65)51(54(55)59-61-64)40-25-33-47(34-26-40)63(45-21-16-13-17-22-45)49-37-29-42(30-38-49)57(6,7)8/h12-17,19-38,43,60,65H,9-11,18,58H2,1-8H3. The van der Waals surface area contributed by atoms with E-state index < -0.39 is 0 Å². The van der Waals surface area contributed by atoms with Crippen molar-refractivity contribution in [2.45, 2.75) is 97.9 Å². The Hall–Kier alpha value is -6.51. The molecule has 1 atom stereocenters. The summed E-state index contributed by atoms with van der Waals surface area (Å²) in [5.74, 6) is 0. The molecule has 3 N–H and O–H groups in total. The van der Waals surface area contributed by atoms with Crippen LogP contribution in [0.15, 0.2) is 158 Å². The van der Waals surface area contributed by atoms with Crippen LogP contribution in [0.3, 0.4) is 0 Å². The number of anilines is 8. The van der Waals surface area contributed by atoms with Crippen LogP contribution in [0.1, 0.15) is 98.2 Å². The highest BCUT2D eigenvalue weighted by molar-refractivity contribution is 7.81. The summed E-state index contributed by atoms with van der Waals surface area (Å²) in [6.07, 6.45) is 4.10. The summed E-state index contributed by atoms with van der Waals surface area (Å²) < 4.78 is 5.35. The zero-order valence-corrected chi connectivity index (χ0v) is 40.1. The van der Waals surface area contributed by atoms with Crippen LogP contribution in [-0.2, 0) is 10.8 Å². The highest BCUT2D eigenvalue weighted by Crippen LogP contribution is 2.49. The second-order valence-electron chi connectivity index (χ2n) is 19.1. The first-order valence-electron chi connectivity index (χ1n) is 23.0. The van der Waals surface area contributed by atoms with E-state index in [-0.39, 0.29) is 16.9 Å². The molecule has 1 unspecified atom stereocenters. The van der Waals surface area contributed by atoms with Gasteiger partial charge in [-0.15, -0.1) is 5.10 Å². The highest BCUT2D eigenvalue weighted by atomic mass is 32.1. The molecular formula is C57H63N7S. The third kappa shape index (κ3) is 9.23. The number of thiol groups is 1. The van der Waals surface area contributed by atoms with Gasteiger partial charge >= 0.3 is 0 Å². The van der Waals surface area contributed by atoms with E-state index in [0.29, 0.717) is 11.4 Å². The van der Waals surface area contributed by atoms with Crippen molar-refractivity contribution in [3.05, 3.63) is 169 Å². The van der Waals surface area contributed by atoms with Crippen LogP contribution >= 0.6 is 12.8 Å². The molecule has 1 heterocycles. The number of rotatable bonds is 14. The molecule has 8 rings (SSSR count). The molecule has 332 valence electrons. The maximum Gasteiger partial charge on any atom is 0.123 e. The molecule has 0 saturated carbocycles. The van der Waals surface area contributed by atoms with Crippen molar-refractivity contribution >= 4 is 69.3 Å². The number of nitrogens with two attached hydrogens (primary N) is 1. The van der Waals surface area contributed by atoms with Gasteiger partial charge in [0.05, 0.1) is 22.9 Å². The summed E-state index contributed by atoms with van der Waals surface area (Å²) in [4.78, 5) is 4.59. The molecule has 0 aliphatic rings. The van der Waals surface area contributed by atoms with Crippen molar-refractivity contribution in [1.29, 1.82) is 0 Å². The first kappa shape index (κ1) is 45.1. The molecule has 0 radical (unpaired) electrons. The van der Waals surface area contributed by atoms with Crippen molar-refractivity contribution < 1.29 is 0 Å². The predicted octanol–water partition coefficient (Wildman–Crippen LogP) is 16.3. The lowest BCUT2D eigenvalue weighted by Crippen LogP contribution is -2.13. The van der Waals surface area contributed by atoms with Crippen molar-refractivity contribution in [2.24, 2.45) is 0 Å². The van der Waals surface area contributed by atoms with E-state index >= 15 is 0 Å². The smallest absolute Gasteiger partial charge is 0.123 e. The van der Waals surface area contributed by atoms with Gasteiger partial charge in [0.25, 0.3) is 0 Å². The fourth-order valence-corrected chi connectivity index (χ4v) is 9.14. The molecule has 8 aromatic rings. The highest BCUT2D eigenvalue weighted by Gasteiger charge is 2.28. The molecule has 0 fully saturated rings. The van der Waals surface area contributed by atoms with Crippen LogP contribution in [0, 0.1) is 0 Å². The van der Waals surface area contributed by atoms with Gasteiger partial charge in [0.1, 0.15) is 5.52 Å². The van der Waals surface area contributed by atoms with Gasteiger partial charge in [-0.05, 0) is 119 Å². The summed E-state index contributed by atoms with van der Waals surface area (Å²) in [7, 11) is 0. The quantitative estimate of drug-likeness (QED) is 0.0746. The number of aromatic nitrogens is 3. The average molecular weight is 878 g/mol. The molecule has 65 heavy (non-hydrogen) atoms. The van der Waals surface area contributed by atoms with Gasteiger partial charge in [0, 0.05) is 45.3 Å². The third-order valence-corrected chi connectivity index (χ3v) is 12.8. The van der Waals surface area contributed by atoms with E-state index in [1.165, 1.54) is 11.1 Å². The average Bonchev–Trinajstić information content (AvgIpc) is 3.74. The first-order chi connectivity index (χ1) is 31.3. The number of hydrogen-bond acceptors (Lipinski definition) is 7. The number of fused-ring (bicyclic) bond motifs is 1. The number of para-hydroxylation sites is 2. The summed E-state index contributed by atoms with van der Waals surface area (Å²) in [5.41, 5.74) is 23.2. The van der Waals surface area contributed by atoms with E-state index in [2.05, 4.69) is 232 Å². The van der Waals surface area contributed by atoms with Crippen molar-refractivity contribution in [1.82, 2.24) is 15.0 Å². The van der Waals surface area contributed by atoms with Gasteiger partial charge in [0.2, 0.25) is 0 Å². The monoisotopic (exact) mass is 877 g/mol. The maximum atomic E-state index is 7.40. The molecule has 0 amide bonds. The topological polar surface area (TPSA) is 75.2 Å². The van der Waals surface area contributed by atoms with Gasteiger partial charge in [-0.2, -0.15) is 0 Å². The van der Waals surface area contributed by atoms with Crippen molar-refractivity contribution in [3.8, 4) is 22.3 Å². The molecule has 7 nitrogen and oxygen atoms in total. The van der Waals surface area contributed by atoms with Gasteiger partial charge in [-0.1, -0.05) is 171 Å². The minimum absolute atomic E-state index is 0.0559. The zero-order valence-electron chi connectivity index (χ0n) is 39.2. The van der Waals surface area contributed by atoms with E-state index in [0.717, 1.165) is 93.1 Å².